The molecule has 0 saturated carbocycles. The van der Waals surface area contributed by atoms with Crippen LogP contribution < -0.4 is 9.62 Å². The molecule has 162 valence electrons. The number of carbonyl (C=O) groups excluding carboxylic acids is 1. The highest BCUT2D eigenvalue weighted by atomic mass is 32.2. The van der Waals surface area contributed by atoms with E-state index in [9.17, 15) is 13.2 Å². The van der Waals surface area contributed by atoms with Crippen LogP contribution in [0.5, 0.6) is 0 Å². The van der Waals surface area contributed by atoms with Crippen molar-refractivity contribution in [2.24, 2.45) is 0 Å². The van der Waals surface area contributed by atoms with Crippen molar-refractivity contribution in [2.75, 3.05) is 31.1 Å². The molecule has 2 aromatic carbocycles. The molecule has 0 unspecified atom stereocenters. The van der Waals surface area contributed by atoms with Gasteiger partial charge in [0, 0.05) is 43.5 Å². The van der Waals surface area contributed by atoms with E-state index in [2.05, 4.69) is 41.7 Å². The first-order valence-electron chi connectivity index (χ1n) is 10.5. The third-order valence-corrected chi connectivity index (χ3v) is 7.47. The number of amides is 1. The smallest absolute Gasteiger partial charge is 0.253 e. The Kier molecular flexibility index (Phi) is 6.83. The molecule has 0 spiro atoms. The highest BCUT2D eigenvalue weighted by Gasteiger charge is 2.24. The number of hydrogen-bond acceptors (Lipinski definition) is 4. The van der Waals surface area contributed by atoms with Crippen LogP contribution in [-0.2, 0) is 10.0 Å². The van der Waals surface area contributed by atoms with E-state index in [0.29, 0.717) is 25.1 Å². The van der Waals surface area contributed by atoms with Crippen molar-refractivity contribution < 1.29 is 13.2 Å². The zero-order chi connectivity index (χ0) is 21.9. The molecular weight excluding hydrogens is 398 g/mol. The molecular formula is C23H31N3O3S. The minimum Gasteiger partial charge on any atom is -0.368 e. The SMILES string of the molecule is CC[C@@H](C)NS(=O)(=O)c1ccc(C(=O)N2CCN(c3cccc(C)c3C)CC2)cc1. The molecule has 30 heavy (non-hydrogen) atoms. The molecule has 1 N–H and O–H groups in total. The molecule has 6 nitrogen and oxygen atoms in total. The summed E-state index contributed by atoms with van der Waals surface area (Å²) >= 11 is 0. The standard InChI is InChI=1S/C23H31N3O3S/c1-5-18(3)24-30(28,29)21-11-9-20(10-12-21)23(27)26-15-13-25(14-16-26)22-8-6-7-17(2)19(22)4/h6-12,18,24H,5,13-16H2,1-4H3/t18-/m1/s1. The van der Waals surface area contributed by atoms with Crippen LogP contribution in [0.25, 0.3) is 0 Å². The van der Waals surface area contributed by atoms with Crippen molar-refractivity contribution in [1.29, 1.82) is 0 Å². The number of hydrogen-bond donors (Lipinski definition) is 1. The van der Waals surface area contributed by atoms with Gasteiger partial charge in [0.15, 0.2) is 0 Å². The summed E-state index contributed by atoms with van der Waals surface area (Å²) in [5.41, 5.74) is 4.28. The van der Waals surface area contributed by atoms with Gasteiger partial charge in [0.05, 0.1) is 4.90 Å². The lowest BCUT2D eigenvalue weighted by Gasteiger charge is -2.37. The minimum atomic E-state index is -3.57. The van der Waals surface area contributed by atoms with E-state index in [4.69, 9.17) is 0 Å². The summed E-state index contributed by atoms with van der Waals surface area (Å²) < 4.78 is 27.4. The Bertz CT molecular complexity index is 995. The van der Waals surface area contributed by atoms with Crippen LogP contribution in [0.1, 0.15) is 41.8 Å². The fourth-order valence-electron chi connectivity index (χ4n) is 3.60. The van der Waals surface area contributed by atoms with E-state index in [0.717, 1.165) is 13.1 Å². The molecule has 1 heterocycles. The maximum absolute atomic E-state index is 12.9. The fraction of sp³-hybridized carbons (Fsp3) is 0.435. The number of benzene rings is 2. The summed E-state index contributed by atoms with van der Waals surface area (Å²) in [5, 5.41) is 0. The molecule has 7 heteroatoms. The normalized spacial score (nSPS) is 15.9. The first-order valence-corrected chi connectivity index (χ1v) is 11.9. The van der Waals surface area contributed by atoms with Gasteiger partial charge in [0.25, 0.3) is 5.91 Å². The van der Waals surface area contributed by atoms with Crippen molar-refractivity contribution in [2.45, 2.75) is 45.1 Å². The average molecular weight is 430 g/mol. The predicted octanol–water partition coefficient (Wildman–Crippen LogP) is 3.34. The third-order valence-electron chi connectivity index (χ3n) is 5.86. The molecule has 0 aromatic heterocycles. The van der Waals surface area contributed by atoms with Gasteiger partial charge in [-0.3, -0.25) is 4.79 Å². The van der Waals surface area contributed by atoms with Gasteiger partial charge in [0.2, 0.25) is 10.0 Å². The first-order chi connectivity index (χ1) is 14.2. The van der Waals surface area contributed by atoms with Crippen molar-refractivity contribution in [3.8, 4) is 0 Å². The number of piperazine rings is 1. The Morgan fingerprint density at radius 1 is 1.03 bits per heavy atom. The van der Waals surface area contributed by atoms with Gasteiger partial charge in [-0.2, -0.15) is 0 Å². The molecule has 2 aromatic rings. The van der Waals surface area contributed by atoms with E-state index >= 15 is 0 Å². The lowest BCUT2D eigenvalue weighted by molar-refractivity contribution is 0.0746. The molecule has 1 saturated heterocycles. The van der Waals surface area contributed by atoms with Crippen molar-refractivity contribution in [3.63, 3.8) is 0 Å². The number of carbonyl (C=O) groups is 1. The second-order valence-corrected chi connectivity index (χ2v) is 9.67. The molecule has 1 aliphatic rings. The van der Waals surface area contributed by atoms with Crippen LogP contribution in [-0.4, -0.2) is 51.4 Å². The van der Waals surface area contributed by atoms with Gasteiger partial charge in [0.1, 0.15) is 0 Å². The molecule has 1 amide bonds. The quantitative estimate of drug-likeness (QED) is 0.765. The minimum absolute atomic E-state index is 0.0607. The summed E-state index contributed by atoms with van der Waals surface area (Å²) in [6, 6.07) is 12.4. The van der Waals surface area contributed by atoms with E-state index in [1.54, 1.807) is 12.1 Å². The monoisotopic (exact) mass is 429 g/mol. The fourth-order valence-corrected chi connectivity index (χ4v) is 4.93. The largest absolute Gasteiger partial charge is 0.368 e. The summed E-state index contributed by atoms with van der Waals surface area (Å²) in [5.74, 6) is -0.0607. The molecule has 1 fully saturated rings. The maximum atomic E-state index is 12.9. The lowest BCUT2D eigenvalue weighted by atomic mass is 10.1. The van der Waals surface area contributed by atoms with Crippen LogP contribution in [0.3, 0.4) is 0 Å². The number of aryl methyl sites for hydroxylation is 1. The number of anilines is 1. The van der Waals surface area contributed by atoms with Crippen LogP contribution in [0.15, 0.2) is 47.4 Å². The Labute approximate surface area is 179 Å². The Balaban J connectivity index is 1.65. The first kappa shape index (κ1) is 22.3. The highest BCUT2D eigenvalue weighted by molar-refractivity contribution is 7.89. The third kappa shape index (κ3) is 4.84. The van der Waals surface area contributed by atoms with E-state index in [1.807, 2.05) is 18.7 Å². The van der Waals surface area contributed by atoms with Crippen LogP contribution in [0.4, 0.5) is 5.69 Å². The van der Waals surface area contributed by atoms with Crippen molar-refractivity contribution >= 4 is 21.6 Å². The number of nitrogens with one attached hydrogen (secondary N) is 1. The molecule has 0 radical (unpaired) electrons. The summed E-state index contributed by atoms with van der Waals surface area (Å²) in [6.07, 6.45) is 0.712. The molecule has 1 aliphatic heterocycles. The molecule has 1 atom stereocenters. The Morgan fingerprint density at radius 3 is 2.27 bits per heavy atom. The number of sulfonamides is 1. The van der Waals surface area contributed by atoms with Crippen LogP contribution in [0, 0.1) is 13.8 Å². The van der Waals surface area contributed by atoms with Crippen LogP contribution in [0.2, 0.25) is 0 Å². The van der Waals surface area contributed by atoms with E-state index in [1.165, 1.54) is 28.9 Å². The highest BCUT2D eigenvalue weighted by Crippen LogP contribution is 2.24. The maximum Gasteiger partial charge on any atom is 0.253 e. The van der Waals surface area contributed by atoms with E-state index in [-0.39, 0.29) is 16.8 Å². The summed E-state index contributed by atoms with van der Waals surface area (Å²) in [7, 11) is -3.57. The predicted molar refractivity (Wildman–Crippen MR) is 121 cm³/mol. The second-order valence-electron chi connectivity index (χ2n) is 7.95. The Hall–Kier alpha value is -2.38. The summed E-state index contributed by atoms with van der Waals surface area (Å²) in [6.45, 7) is 10.8. The summed E-state index contributed by atoms with van der Waals surface area (Å²) in [4.78, 5) is 17.2. The van der Waals surface area contributed by atoms with Crippen LogP contribution >= 0.6 is 0 Å². The van der Waals surface area contributed by atoms with Gasteiger partial charge in [-0.1, -0.05) is 19.1 Å². The molecule has 3 rings (SSSR count). The zero-order valence-electron chi connectivity index (χ0n) is 18.2. The number of rotatable bonds is 6. The van der Waals surface area contributed by atoms with Gasteiger partial charge < -0.3 is 9.80 Å². The molecule has 0 bridgehead atoms. The molecule has 0 aliphatic carbocycles. The number of nitrogens with zero attached hydrogens (tertiary/aromatic N) is 2. The van der Waals surface area contributed by atoms with Gasteiger partial charge in [-0.15, -0.1) is 0 Å². The lowest BCUT2D eigenvalue weighted by Crippen LogP contribution is -2.49. The van der Waals surface area contributed by atoms with Gasteiger partial charge in [-0.25, -0.2) is 13.1 Å². The zero-order valence-corrected chi connectivity index (χ0v) is 19.0. The second kappa shape index (κ2) is 9.18. The topological polar surface area (TPSA) is 69.7 Å². The van der Waals surface area contributed by atoms with Gasteiger partial charge >= 0.3 is 0 Å². The van der Waals surface area contributed by atoms with Gasteiger partial charge in [-0.05, 0) is 68.7 Å². The Morgan fingerprint density at radius 2 is 1.67 bits per heavy atom. The average Bonchev–Trinajstić information content (AvgIpc) is 2.75. The van der Waals surface area contributed by atoms with E-state index < -0.39 is 10.0 Å². The van der Waals surface area contributed by atoms with Crippen molar-refractivity contribution in [3.05, 3.63) is 59.2 Å². The van der Waals surface area contributed by atoms with Crippen molar-refractivity contribution in [1.82, 2.24) is 9.62 Å².